The molecule has 3 aromatic rings. The van der Waals surface area contributed by atoms with Crippen LogP contribution in [-0.4, -0.2) is 28.2 Å². The molecule has 0 aliphatic carbocycles. The maximum atomic E-state index is 11.8. The molecule has 0 aromatic carbocycles. The van der Waals surface area contributed by atoms with Gasteiger partial charge in [0.25, 0.3) is 0 Å². The summed E-state index contributed by atoms with van der Waals surface area (Å²) in [6, 6.07) is 3.80. The van der Waals surface area contributed by atoms with Gasteiger partial charge in [-0.25, -0.2) is 14.8 Å². The van der Waals surface area contributed by atoms with Gasteiger partial charge in [-0.2, -0.15) is 0 Å². The second kappa shape index (κ2) is 8.82. The monoisotopic (exact) mass is 416 g/mol. The standard InChI is InChI=1S/C21H28N4O3S/c1-13-16(9-6-10-22-20(26)28-21(3,4)5)29-18-17(13)24-14(2)25-19(18)23-12-15-8-7-11-27-15/h7-8,11H,6,9-10,12H2,1-5H3,(H,22,26)(H,23,24,25). The lowest BCUT2D eigenvalue weighted by Crippen LogP contribution is -2.33. The number of thiophene rings is 1. The molecule has 0 bridgehead atoms. The number of fused-ring (bicyclic) bond motifs is 1. The van der Waals surface area contributed by atoms with Gasteiger partial charge in [0.1, 0.15) is 23.0 Å². The van der Waals surface area contributed by atoms with Crippen LogP contribution in [0.15, 0.2) is 22.8 Å². The Bertz CT molecular complexity index is 974. The highest BCUT2D eigenvalue weighted by atomic mass is 32.1. The molecule has 7 nitrogen and oxygen atoms in total. The van der Waals surface area contributed by atoms with Gasteiger partial charge in [0.15, 0.2) is 0 Å². The lowest BCUT2D eigenvalue weighted by Gasteiger charge is -2.19. The third kappa shape index (κ3) is 5.69. The summed E-state index contributed by atoms with van der Waals surface area (Å²) in [5.41, 5.74) is 1.68. The first-order chi connectivity index (χ1) is 13.7. The van der Waals surface area contributed by atoms with Gasteiger partial charge < -0.3 is 19.8 Å². The van der Waals surface area contributed by atoms with Gasteiger partial charge >= 0.3 is 6.09 Å². The number of aromatic nitrogens is 2. The molecular formula is C21H28N4O3S. The summed E-state index contributed by atoms with van der Waals surface area (Å²) in [7, 11) is 0. The minimum atomic E-state index is -0.484. The minimum Gasteiger partial charge on any atom is -0.467 e. The Kier molecular flexibility index (Phi) is 6.42. The van der Waals surface area contributed by atoms with Crippen LogP contribution in [0.3, 0.4) is 0 Å². The first-order valence-electron chi connectivity index (χ1n) is 9.72. The highest BCUT2D eigenvalue weighted by Gasteiger charge is 2.17. The SMILES string of the molecule is Cc1nc(NCc2ccco2)c2sc(CCCNC(=O)OC(C)(C)C)c(C)c2n1. The van der Waals surface area contributed by atoms with Gasteiger partial charge in [0.2, 0.25) is 0 Å². The number of nitrogens with one attached hydrogen (secondary N) is 2. The van der Waals surface area contributed by atoms with Crippen molar-refractivity contribution >= 4 is 33.5 Å². The first kappa shape index (κ1) is 21.1. The van der Waals surface area contributed by atoms with Crippen molar-refractivity contribution < 1.29 is 13.9 Å². The number of anilines is 1. The Morgan fingerprint density at radius 3 is 2.76 bits per heavy atom. The number of alkyl carbamates (subject to hydrolysis) is 1. The number of carbonyl (C=O) groups is 1. The fourth-order valence-corrected chi connectivity index (χ4v) is 4.19. The van der Waals surface area contributed by atoms with Crippen LogP contribution < -0.4 is 10.6 Å². The number of hydrogen-bond donors (Lipinski definition) is 2. The largest absolute Gasteiger partial charge is 0.467 e. The highest BCUT2D eigenvalue weighted by molar-refractivity contribution is 7.19. The van der Waals surface area contributed by atoms with E-state index < -0.39 is 5.60 Å². The summed E-state index contributed by atoms with van der Waals surface area (Å²) in [6.07, 6.45) is 2.97. The molecule has 0 spiro atoms. The van der Waals surface area contributed by atoms with Crippen molar-refractivity contribution in [3.8, 4) is 0 Å². The van der Waals surface area contributed by atoms with Crippen molar-refractivity contribution in [1.29, 1.82) is 0 Å². The lowest BCUT2D eigenvalue weighted by atomic mass is 10.1. The van der Waals surface area contributed by atoms with Crippen molar-refractivity contribution in [3.05, 3.63) is 40.4 Å². The summed E-state index contributed by atoms with van der Waals surface area (Å²) >= 11 is 1.70. The smallest absolute Gasteiger partial charge is 0.407 e. The summed E-state index contributed by atoms with van der Waals surface area (Å²) in [5.74, 6) is 2.42. The quantitative estimate of drug-likeness (QED) is 0.529. The van der Waals surface area contributed by atoms with Crippen molar-refractivity contribution in [2.75, 3.05) is 11.9 Å². The molecule has 156 valence electrons. The lowest BCUT2D eigenvalue weighted by molar-refractivity contribution is 0.0527. The summed E-state index contributed by atoms with van der Waals surface area (Å²) in [4.78, 5) is 22.2. The van der Waals surface area contributed by atoms with Gasteiger partial charge in [0, 0.05) is 11.4 Å². The number of nitrogens with zero attached hydrogens (tertiary/aromatic N) is 2. The molecule has 0 saturated carbocycles. The van der Waals surface area contributed by atoms with Crippen LogP contribution >= 0.6 is 11.3 Å². The maximum Gasteiger partial charge on any atom is 0.407 e. The van der Waals surface area contributed by atoms with Crippen molar-refractivity contribution in [2.45, 2.75) is 59.6 Å². The Labute approximate surface area is 174 Å². The zero-order chi connectivity index (χ0) is 21.0. The number of ether oxygens (including phenoxy) is 1. The zero-order valence-corrected chi connectivity index (χ0v) is 18.4. The molecule has 8 heteroatoms. The summed E-state index contributed by atoms with van der Waals surface area (Å²) < 4.78 is 11.7. The van der Waals surface area contributed by atoms with Crippen LogP contribution in [0, 0.1) is 13.8 Å². The Hall–Kier alpha value is -2.61. The molecular weight excluding hydrogens is 388 g/mol. The Balaban J connectivity index is 1.65. The molecule has 0 unspecified atom stereocenters. The summed E-state index contributed by atoms with van der Waals surface area (Å²) in [5, 5.41) is 6.18. The second-order valence-electron chi connectivity index (χ2n) is 7.91. The van der Waals surface area contributed by atoms with E-state index in [0.717, 1.165) is 40.5 Å². The zero-order valence-electron chi connectivity index (χ0n) is 17.6. The Morgan fingerprint density at radius 2 is 2.07 bits per heavy atom. The van der Waals surface area contributed by atoms with Gasteiger partial charge in [-0.3, -0.25) is 0 Å². The molecule has 29 heavy (non-hydrogen) atoms. The number of amides is 1. The molecule has 0 aliphatic rings. The molecule has 3 aromatic heterocycles. The van der Waals surface area contributed by atoms with E-state index in [-0.39, 0.29) is 6.09 Å². The van der Waals surface area contributed by atoms with E-state index in [1.165, 1.54) is 10.4 Å². The van der Waals surface area contributed by atoms with E-state index in [9.17, 15) is 4.79 Å². The van der Waals surface area contributed by atoms with Crippen LogP contribution in [0.1, 0.15) is 49.2 Å². The van der Waals surface area contributed by atoms with E-state index in [4.69, 9.17) is 9.15 Å². The van der Waals surface area contributed by atoms with E-state index >= 15 is 0 Å². The number of hydrogen-bond acceptors (Lipinski definition) is 7. The number of aryl methyl sites for hydroxylation is 3. The van der Waals surface area contributed by atoms with E-state index in [1.54, 1.807) is 17.6 Å². The molecule has 3 heterocycles. The van der Waals surface area contributed by atoms with E-state index in [0.29, 0.717) is 13.1 Å². The highest BCUT2D eigenvalue weighted by Crippen LogP contribution is 2.34. The van der Waals surface area contributed by atoms with Crippen LogP contribution in [-0.2, 0) is 17.7 Å². The molecule has 0 saturated heterocycles. The van der Waals surface area contributed by atoms with Crippen LogP contribution in [0.25, 0.3) is 10.2 Å². The van der Waals surface area contributed by atoms with E-state index in [1.807, 2.05) is 39.8 Å². The third-order valence-corrected chi connectivity index (χ3v) is 5.58. The van der Waals surface area contributed by atoms with Crippen LogP contribution in [0.4, 0.5) is 10.6 Å². The topological polar surface area (TPSA) is 89.3 Å². The normalized spacial score (nSPS) is 11.6. The van der Waals surface area contributed by atoms with Gasteiger partial charge in [-0.1, -0.05) is 0 Å². The fourth-order valence-electron chi connectivity index (χ4n) is 2.94. The van der Waals surface area contributed by atoms with Crippen molar-refractivity contribution in [1.82, 2.24) is 15.3 Å². The van der Waals surface area contributed by atoms with E-state index in [2.05, 4.69) is 27.5 Å². The number of furan rings is 1. The fraction of sp³-hybridized carbons (Fsp3) is 0.476. The molecule has 2 N–H and O–H groups in total. The molecule has 3 rings (SSSR count). The summed E-state index contributed by atoms with van der Waals surface area (Å²) in [6.45, 7) is 10.7. The van der Waals surface area contributed by atoms with Crippen LogP contribution in [0.5, 0.6) is 0 Å². The average Bonchev–Trinajstić information content (AvgIpc) is 3.24. The third-order valence-electron chi connectivity index (χ3n) is 4.24. The predicted molar refractivity (Wildman–Crippen MR) is 115 cm³/mol. The molecule has 0 aliphatic heterocycles. The van der Waals surface area contributed by atoms with Gasteiger partial charge in [-0.05, 0) is 65.2 Å². The number of carbonyl (C=O) groups excluding carboxylic acids is 1. The molecule has 0 fully saturated rings. The minimum absolute atomic E-state index is 0.378. The maximum absolute atomic E-state index is 11.8. The predicted octanol–water partition coefficient (Wildman–Crippen LogP) is 4.97. The van der Waals surface area contributed by atoms with Gasteiger partial charge in [-0.15, -0.1) is 11.3 Å². The Morgan fingerprint density at radius 1 is 1.28 bits per heavy atom. The average molecular weight is 417 g/mol. The molecule has 0 atom stereocenters. The molecule has 0 radical (unpaired) electrons. The van der Waals surface area contributed by atoms with Crippen molar-refractivity contribution in [2.24, 2.45) is 0 Å². The molecule has 1 amide bonds. The number of rotatable bonds is 7. The van der Waals surface area contributed by atoms with Crippen LogP contribution in [0.2, 0.25) is 0 Å². The van der Waals surface area contributed by atoms with Crippen molar-refractivity contribution in [3.63, 3.8) is 0 Å². The van der Waals surface area contributed by atoms with Gasteiger partial charge in [0.05, 0.1) is 23.0 Å². The first-order valence-corrected chi connectivity index (χ1v) is 10.5. The second-order valence-corrected chi connectivity index (χ2v) is 9.02.